The van der Waals surface area contributed by atoms with Gasteiger partial charge in [-0.2, -0.15) is 0 Å². The molecule has 0 fully saturated rings. The number of carboxylic acids is 1. The molecule has 0 atom stereocenters. The number of rotatable bonds is 6. The van der Waals surface area contributed by atoms with E-state index in [9.17, 15) is 23.3 Å². The molecule has 0 aliphatic carbocycles. The zero-order valence-electron chi connectivity index (χ0n) is 12.8. The van der Waals surface area contributed by atoms with Crippen molar-refractivity contribution < 1.29 is 28.0 Å². The minimum absolute atomic E-state index is 0.317. The summed E-state index contributed by atoms with van der Waals surface area (Å²) in [7, 11) is -2.98. The molecule has 0 heterocycles. The van der Waals surface area contributed by atoms with Gasteiger partial charge in [0.05, 0.1) is 17.6 Å². The number of nitrogens with one attached hydrogen (secondary N) is 1. The second-order valence-corrected chi connectivity index (χ2v) is 6.36. The molecule has 0 amide bonds. The van der Waals surface area contributed by atoms with Crippen molar-refractivity contribution in [1.82, 2.24) is 0 Å². The van der Waals surface area contributed by atoms with Crippen molar-refractivity contribution in [1.29, 1.82) is 0 Å². The van der Waals surface area contributed by atoms with Crippen LogP contribution in [0.25, 0.3) is 0 Å². The van der Waals surface area contributed by atoms with Gasteiger partial charge in [-0.15, -0.1) is 0 Å². The van der Waals surface area contributed by atoms with Crippen molar-refractivity contribution in [2.45, 2.75) is 4.90 Å². The third kappa shape index (κ3) is 4.02. The summed E-state index contributed by atoms with van der Waals surface area (Å²) in [5, 5.41) is 28.0. The number of carboxylic acid groups (broad SMARTS) is 1. The Morgan fingerprint density at radius 2 is 1.88 bits per heavy atom. The molecule has 0 aliphatic rings. The van der Waals surface area contributed by atoms with Crippen LogP contribution in [0, 0.1) is 10.1 Å². The van der Waals surface area contributed by atoms with Gasteiger partial charge in [-0.05, 0) is 30.3 Å². The summed E-state index contributed by atoms with van der Waals surface area (Å²) in [5.74, 6) is -1.00. The minimum atomic E-state index is -4.43. The monoisotopic (exact) mass is 367 g/mol. The number of methoxy groups -OCH3 is 1. The van der Waals surface area contributed by atoms with Crippen molar-refractivity contribution in [2.24, 2.45) is 5.14 Å². The Morgan fingerprint density at radius 1 is 1.28 bits per heavy atom. The lowest BCUT2D eigenvalue weighted by Gasteiger charge is -2.12. The molecule has 0 saturated carbocycles. The molecule has 2 aromatic rings. The molecule has 2 aromatic carbocycles. The van der Waals surface area contributed by atoms with Crippen LogP contribution in [0.15, 0.2) is 41.3 Å². The van der Waals surface area contributed by atoms with Crippen molar-refractivity contribution in [3.63, 3.8) is 0 Å². The fourth-order valence-electron chi connectivity index (χ4n) is 2.04. The minimum Gasteiger partial charge on any atom is -0.497 e. The van der Waals surface area contributed by atoms with Gasteiger partial charge in [-0.3, -0.25) is 10.1 Å². The zero-order valence-corrected chi connectivity index (χ0v) is 13.6. The Kier molecular flexibility index (Phi) is 4.90. The van der Waals surface area contributed by atoms with Crippen LogP contribution < -0.4 is 15.2 Å². The number of nitrogens with two attached hydrogens (primary N) is 1. The molecule has 10 nitrogen and oxygen atoms in total. The van der Waals surface area contributed by atoms with Gasteiger partial charge >= 0.3 is 5.97 Å². The van der Waals surface area contributed by atoms with Crippen molar-refractivity contribution in [3.8, 4) is 5.75 Å². The number of hydrogen-bond acceptors (Lipinski definition) is 7. The summed E-state index contributed by atoms with van der Waals surface area (Å²) in [6.45, 7) is 0. The Morgan fingerprint density at radius 3 is 2.32 bits per heavy atom. The van der Waals surface area contributed by atoms with Crippen LogP contribution in [0.5, 0.6) is 5.75 Å². The highest BCUT2D eigenvalue weighted by molar-refractivity contribution is 7.89. The van der Waals surface area contributed by atoms with Gasteiger partial charge in [0.25, 0.3) is 5.69 Å². The average molecular weight is 367 g/mol. The second kappa shape index (κ2) is 6.75. The number of nitrogens with zero attached hydrogens (tertiary/aromatic N) is 1. The molecule has 0 unspecified atom stereocenters. The number of benzene rings is 2. The molecule has 25 heavy (non-hydrogen) atoms. The Balaban J connectivity index is 2.68. The van der Waals surface area contributed by atoms with Crippen LogP contribution in [-0.2, 0) is 10.0 Å². The smallest absolute Gasteiger partial charge is 0.335 e. The van der Waals surface area contributed by atoms with Crippen LogP contribution in [-0.4, -0.2) is 31.5 Å². The number of anilines is 2. The van der Waals surface area contributed by atoms with Gasteiger partial charge in [0.2, 0.25) is 10.0 Å². The van der Waals surface area contributed by atoms with Crippen LogP contribution in [0.4, 0.5) is 17.1 Å². The van der Waals surface area contributed by atoms with Gasteiger partial charge < -0.3 is 15.2 Å². The van der Waals surface area contributed by atoms with E-state index in [4.69, 9.17) is 15.0 Å². The van der Waals surface area contributed by atoms with Crippen LogP contribution in [0.1, 0.15) is 10.4 Å². The van der Waals surface area contributed by atoms with E-state index >= 15 is 0 Å². The molecule has 132 valence electrons. The van der Waals surface area contributed by atoms with Crippen molar-refractivity contribution in [3.05, 3.63) is 52.1 Å². The first-order valence-corrected chi connectivity index (χ1v) is 8.17. The molecule has 0 saturated heterocycles. The highest BCUT2D eigenvalue weighted by Crippen LogP contribution is 2.35. The molecular formula is C14H13N3O7S. The van der Waals surface area contributed by atoms with Crippen LogP contribution in [0.3, 0.4) is 0 Å². The molecule has 0 aromatic heterocycles. The first-order chi connectivity index (χ1) is 11.6. The largest absolute Gasteiger partial charge is 0.497 e. The Hall–Kier alpha value is -3.18. The number of nitro groups is 1. The maximum Gasteiger partial charge on any atom is 0.335 e. The lowest BCUT2D eigenvalue weighted by molar-refractivity contribution is -0.384. The van der Waals surface area contributed by atoms with Gasteiger partial charge in [0, 0.05) is 11.8 Å². The number of sulfonamides is 1. The third-order valence-corrected chi connectivity index (χ3v) is 4.13. The van der Waals surface area contributed by atoms with Crippen molar-refractivity contribution >= 4 is 33.1 Å². The molecule has 4 N–H and O–H groups in total. The quantitative estimate of drug-likeness (QED) is 0.513. The summed E-state index contributed by atoms with van der Waals surface area (Å²) in [5.41, 5.74) is -1.42. The van der Waals surface area contributed by atoms with E-state index < -0.39 is 42.7 Å². The summed E-state index contributed by atoms with van der Waals surface area (Å²) in [6, 6.07) is 7.62. The normalized spacial score (nSPS) is 11.0. The molecule has 0 bridgehead atoms. The van der Waals surface area contributed by atoms with E-state index in [1.807, 2.05) is 0 Å². The van der Waals surface area contributed by atoms with Crippen molar-refractivity contribution in [2.75, 3.05) is 12.4 Å². The fourth-order valence-corrected chi connectivity index (χ4v) is 2.77. The Bertz CT molecular complexity index is 940. The van der Waals surface area contributed by atoms with E-state index in [0.29, 0.717) is 11.4 Å². The molecular weight excluding hydrogens is 354 g/mol. The molecule has 0 spiro atoms. The molecule has 0 aliphatic heterocycles. The number of aromatic carboxylic acids is 1. The maximum absolute atomic E-state index is 11.8. The Labute approximate surface area is 142 Å². The predicted molar refractivity (Wildman–Crippen MR) is 87.7 cm³/mol. The summed E-state index contributed by atoms with van der Waals surface area (Å²) in [4.78, 5) is 20.8. The first-order valence-electron chi connectivity index (χ1n) is 6.63. The molecule has 11 heteroatoms. The number of carbonyl (C=O) groups is 1. The number of primary sulfonamides is 1. The predicted octanol–water partition coefficient (Wildman–Crippen LogP) is 1.69. The zero-order chi connectivity index (χ0) is 18.8. The second-order valence-electron chi connectivity index (χ2n) is 4.83. The summed E-state index contributed by atoms with van der Waals surface area (Å²) in [6.07, 6.45) is 0. The number of nitro benzene ring substituents is 1. The van der Waals surface area contributed by atoms with E-state index in [0.717, 1.165) is 12.1 Å². The maximum atomic E-state index is 11.8. The topological polar surface area (TPSA) is 162 Å². The molecule has 2 rings (SSSR count). The highest BCUT2D eigenvalue weighted by Gasteiger charge is 2.27. The lowest BCUT2D eigenvalue weighted by atomic mass is 10.1. The van der Waals surface area contributed by atoms with Gasteiger partial charge in [0.1, 0.15) is 16.3 Å². The van der Waals surface area contributed by atoms with E-state index in [2.05, 4.69) is 5.32 Å². The number of ether oxygens (including phenoxy) is 1. The summed E-state index contributed by atoms with van der Waals surface area (Å²) < 4.78 is 28.6. The highest BCUT2D eigenvalue weighted by atomic mass is 32.2. The van der Waals surface area contributed by atoms with E-state index in [1.54, 1.807) is 12.1 Å². The first kappa shape index (κ1) is 18.2. The SMILES string of the molecule is COc1ccc(Nc2c([N+](=O)[O-])cc(C(=O)O)cc2S(N)(=O)=O)cc1. The van der Waals surface area contributed by atoms with E-state index in [1.165, 1.54) is 19.2 Å². The van der Waals surface area contributed by atoms with Crippen LogP contribution >= 0.6 is 0 Å². The van der Waals surface area contributed by atoms with E-state index in [-0.39, 0.29) is 0 Å². The fraction of sp³-hybridized carbons (Fsp3) is 0.0714. The lowest BCUT2D eigenvalue weighted by Crippen LogP contribution is -2.16. The van der Waals surface area contributed by atoms with Gasteiger partial charge in [0.15, 0.2) is 0 Å². The standard InChI is InChI=1S/C14H13N3O7S/c1-24-10-4-2-9(3-5-10)16-13-11(17(20)21)6-8(14(18)19)7-12(13)25(15,22)23/h2-7,16H,1H3,(H,18,19)(H2,15,22,23). The molecule has 0 radical (unpaired) electrons. The third-order valence-electron chi connectivity index (χ3n) is 3.19. The number of hydrogen-bond donors (Lipinski definition) is 3. The van der Waals surface area contributed by atoms with Gasteiger partial charge in [-0.25, -0.2) is 18.4 Å². The van der Waals surface area contributed by atoms with Crippen LogP contribution in [0.2, 0.25) is 0 Å². The van der Waals surface area contributed by atoms with Gasteiger partial charge in [-0.1, -0.05) is 0 Å². The average Bonchev–Trinajstić information content (AvgIpc) is 2.54. The summed E-state index contributed by atoms with van der Waals surface area (Å²) >= 11 is 0.